The minimum atomic E-state index is 0.437. The smallest absolute Gasteiger partial charge is 0.0625 e. The summed E-state index contributed by atoms with van der Waals surface area (Å²) >= 11 is 0. The second kappa shape index (κ2) is 4.82. The van der Waals surface area contributed by atoms with Crippen molar-refractivity contribution in [2.24, 2.45) is 5.41 Å². The van der Waals surface area contributed by atoms with Crippen molar-refractivity contribution >= 4 is 0 Å². The molecule has 0 N–H and O–H groups in total. The average Bonchev–Trinajstić information content (AvgIpc) is 2.59. The lowest BCUT2D eigenvalue weighted by atomic mass is 9.79. The van der Waals surface area contributed by atoms with Crippen molar-refractivity contribution in [3.63, 3.8) is 0 Å². The van der Waals surface area contributed by atoms with E-state index in [1.54, 1.807) is 0 Å². The quantitative estimate of drug-likeness (QED) is 0.723. The lowest BCUT2D eigenvalue weighted by Crippen LogP contribution is -2.17. The Bertz CT molecular complexity index is 308. The Balaban J connectivity index is 2.83. The molecule has 0 atom stereocenters. The van der Waals surface area contributed by atoms with Crippen LogP contribution < -0.4 is 0 Å². The Labute approximate surface area is 93.7 Å². The summed E-state index contributed by atoms with van der Waals surface area (Å²) in [6, 6.07) is 0. The molecule has 0 aliphatic rings. The van der Waals surface area contributed by atoms with E-state index in [1.807, 2.05) is 4.68 Å². The largest absolute Gasteiger partial charge is 0.272 e. The highest BCUT2D eigenvalue weighted by Gasteiger charge is 2.22. The normalized spacial score (nSPS) is 12.1. The molecular formula is C13H24N2. The molecule has 2 nitrogen and oxygen atoms in total. The fourth-order valence-corrected chi connectivity index (χ4v) is 1.85. The number of nitrogens with zero attached hydrogens (tertiary/aromatic N) is 2. The molecular weight excluding hydrogens is 184 g/mol. The standard InChI is InChI=1S/C13H24N2/c1-6-13(5,7-2)9-12-10-15(8-3)14-11(12)4/h10H,6-9H2,1-5H3. The van der Waals surface area contributed by atoms with Gasteiger partial charge in [0.25, 0.3) is 0 Å². The van der Waals surface area contributed by atoms with Crippen LogP contribution in [0.1, 0.15) is 51.8 Å². The molecule has 0 saturated carbocycles. The van der Waals surface area contributed by atoms with Crippen LogP contribution >= 0.6 is 0 Å². The highest BCUT2D eigenvalue weighted by molar-refractivity contribution is 5.17. The van der Waals surface area contributed by atoms with E-state index in [9.17, 15) is 0 Å². The van der Waals surface area contributed by atoms with Gasteiger partial charge in [-0.2, -0.15) is 5.10 Å². The molecule has 0 saturated heterocycles. The first-order chi connectivity index (χ1) is 7.04. The van der Waals surface area contributed by atoms with Crippen molar-refractivity contribution in [2.45, 2.75) is 60.4 Å². The lowest BCUT2D eigenvalue weighted by molar-refractivity contribution is 0.295. The molecule has 2 heteroatoms. The van der Waals surface area contributed by atoms with Gasteiger partial charge in [-0.25, -0.2) is 0 Å². The monoisotopic (exact) mass is 208 g/mol. The predicted octanol–water partition coefficient (Wildman–Crippen LogP) is 3.58. The molecule has 1 heterocycles. The Hall–Kier alpha value is -0.790. The van der Waals surface area contributed by atoms with Crippen LogP contribution in [-0.4, -0.2) is 9.78 Å². The van der Waals surface area contributed by atoms with E-state index in [2.05, 4.69) is 45.9 Å². The molecule has 1 aromatic heterocycles. The number of hydrogen-bond donors (Lipinski definition) is 0. The molecule has 0 spiro atoms. The fourth-order valence-electron chi connectivity index (χ4n) is 1.85. The van der Waals surface area contributed by atoms with Crippen LogP contribution in [0.5, 0.6) is 0 Å². The molecule has 0 fully saturated rings. The van der Waals surface area contributed by atoms with Gasteiger partial charge in [0.1, 0.15) is 0 Å². The maximum Gasteiger partial charge on any atom is 0.0625 e. The Morgan fingerprint density at radius 2 is 1.87 bits per heavy atom. The molecule has 86 valence electrons. The van der Waals surface area contributed by atoms with E-state index < -0.39 is 0 Å². The van der Waals surface area contributed by atoms with Crippen molar-refractivity contribution in [3.05, 3.63) is 17.5 Å². The average molecular weight is 208 g/mol. The van der Waals surface area contributed by atoms with Crippen LogP contribution in [0.25, 0.3) is 0 Å². The molecule has 1 rings (SSSR count). The lowest BCUT2D eigenvalue weighted by Gasteiger charge is -2.26. The predicted molar refractivity (Wildman–Crippen MR) is 65.0 cm³/mol. The van der Waals surface area contributed by atoms with E-state index in [4.69, 9.17) is 0 Å². The second-order valence-electron chi connectivity index (χ2n) is 4.79. The SMILES string of the molecule is CCn1cc(CC(C)(CC)CC)c(C)n1. The van der Waals surface area contributed by atoms with E-state index in [0.29, 0.717) is 5.41 Å². The van der Waals surface area contributed by atoms with Gasteiger partial charge < -0.3 is 0 Å². The highest BCUT2D eigenvalue weighted by Crippen LogP contribution is 2.30. The van der Waals surface area contributed by atoms with Crippen LogP contribution in [0.15, 0.2) is 6.20 Å². The van der Waals surface area contributed by atoms with Gasteiger partial charge in [0.15, 0.2) is 0 Å². The van der Waals surface area contributed by atoms with Gasteiger partial charge >= 0.3 is 0 Å². The summed E-state index contributed by atoms with van der Waals surface area (Å²) in [5.74, 6) is 0. The fraction of sp³-hybridized carbons (Fsp3) is 0.769. The summed E-state index contributed by atoms with van der Waals surface area (Å²) in [7, 11) is 0. The molecule has 0 radical (unpaired) electrons. The van der Waals surface area contributed by atoms with Gasteiger partial charge in [-0.15, -0.1) is 0 Å². The van der Waals surface area contributed by atoms with Crippen molar-refractivity contribution in [3.8, 4) is 0 Å². The van der Waals surface area contributed by atoms with Crippen molar-refractivity contribution < 1.29 is 0 Å². The van der Waals surface area contributed by atoms with Gasteiger partial charge in [-0.05, 0) is 31.2 Å². The first kappa shape index (κ1) is 12.3. The maximum atomic E-state index is 4.50. The second-order valence-corrected chi connectivity index (χ2v) is 4.79. The van der Waals surface area contributed by atoms with Crippen molar-refractivity contribution in [2.75, 3.05) is 0 Å². The zero-order chi connectivity index (χ0) is 11.5. The van der Waals surface area contributed by atoms with E-state index in [0.717, 1.165) is 13.0 Å². The van der Waals surface area contributed by atoms with Crippen molar-refractivity contribution in [1.29, 1.82) is 0 Å². The Kier molecular flexibility index (Phi) is 3.95. The number of hydrogen-bond acceptors (Lipinski definition) is 1. The first-order valence-electron chi connectivity index (χ1n) is 6.07. The number of rotatable bonds is 5. The van der Waals surface area contributed by atoms with E-state index in [1.165, 1.54) is 24.1 Å². The summed E-state index contributed by atoms with van der Waals surface area (Å²) < 4.78 is 2.04. The summed E-state index contributed by atoms with van der Waals surface area (Å²) in [4.78, 5) is 0. The summed E-state index contributed by atoms with van der Waals surface area (Å²) in [6.45, 7) is 12.2. The third kappa shape index (κ3) is 2.83. The molecule has 0 amide bonds. The first-order valence-corrected chi connectivity index (χ1v) is 6.07. The minimum absolute atomic E-state index is 0.437. The highest BCUT2D eigenvalue weighted by atomic mass is 15.3. The number of aromatic nitrogens is 2. The maximum absolute atomic E-state index is 4.50. The van der Waals surface area contributed by atoms with Crippen LogP contribution in [-0.2, 0) is 13.0 Å². The van der Waals surface area contributed by atoms with Gasteiger partial charge in [0, 0.05) is 12.7 Å². The zero-order valence-electron chi connectivity index (χ0n) is 10.8. The van der Waals surface area contributed by atoms with Gasteiger partial charge in [-0.1, -0.05) is 33.6 Å². The van der Waals surface area contributed by atoms with Gasteiger partial charge in [-0.3, -0.25) is 4.68 Å². The van der Waals surface area contributed by atoms with Gasteiger partial charge in [0.2, 0.25) is 0 Å². The molecule has 0 aliphatic carbocycles. The molecule has 0 bridgehead atoms. The molecule has 1 aromatic rings. The third-order valence-corrected chi connectivity index (χ3v) is 3.70. The summed E-state index contributed by atoms with van der Waals surface area (Å²) in [6.07, 6.45) is 5.84. The summed E-state index contributed by atoms with van der Waals surface area (Å²) in [5, 5.41) is 4.50. The van der Waals surface area contributed by atoms with E-state index >= 15 is 0 Å². The molecule has 0 aromatic carbocycles. The molecule has 15 heavy (non-hydrogen) atoms. The molecule has 0 aliphatic heterocycles. The van der Waals surface area contributed by atoms with Crippen LogP contribution in [0.4, 0.5) is 0 Å². The van der Waals surface area contributed by atoms with Crippen LogP contribution in [0.2, 0.25) is 0 Å². The Morgan fingerprint density at radius 3 is 2.27 bits per heavy atom. The van der Waals surface area contributed by atoms with Crippen LogP contribution in [0.3, 0.4) is 0 Å². The van der Waals surface area contributed by atoms with Crippen molar-refractivity contribution in [1.82, 2.24) is 9.78 Å². The zero-order valence-corrected chi connectivity index (χ0v) is 10.8. The topological polar surface area (TPSA) is 17.8 Å². The number of aryl methyl sites for hydroxylation is 2. The van der Waals surface area contributed by atoms with Gasteiger partial charge in [0.05, 0.1) is 5.69 Å². The van der Waals surface area contributed by atoms with Crippen LogP contribution in [0, 0.1) is 12.3 Å². The van der Waals surface area contributed by atoms with E-state index in [-0.39, 0.29) is 0 Å². The minimum Gasteiger partial charge on any atom is -0.272 e. The summed E-state index contributed by atoms with van der Waals surface area (Å²) in [5.41, 5.74) is 3.06. The molecule has 0 unspecified atom stereocenters. The third-order valence-electron chi connectivity index (χ3n) is 3.70. The Morgan fingerprint density at radius 1 is 1.27 bits per heavy atom.